The van der Waals surface area contributed by atoms with Crippen LogP contribution in [0.2, 0.25) is 0 Å². The predicted octanol–water partition coefficient (Wildman–Crippen LogP) is 0.924. The van der Waals surface area contributed by atoms with Gasteiger partial charge in [-0.3, -0.25) is 4.79 Å². The van der Waals surface area contributed by atoms with Gasteiger partial charge in [-0.05, 0) is 24.2 Å². The zero-order chi connectivity index (χ0) is 13.2. The Hall–Kier alpha value is -1.99. The fourth-order valence-electron chi connectivity index (χ4n) is 1.32. The standard InChI is InChI=1S/C14H18N2O2/c1-3-9-16-14(17)11-18-13-7-5-12(6-8-13)10-15-4-2/h1,5-8,15H,4,9-11H2,2H3,(H,16,17). The average Bonchev–Trinajstić information content (AvgIpc) is 2.41. The summed E-state index contributed by atoms with van der Waals surface area (Å²) in [6.45, 7) is 4.04. The largest absolute Gasteiger partial charge is 0.484 e. The summed E-state index contributed by atoms with van der Waals surface area (Å²) < 4.78 is 5.32. The van der Waals surface area contributed by atoms with E-state index >= 15 is 0 Å². The first-order chi connectivity index (χ1) is 8.76. The summed E-state index contributed by atoms with van der Waals surface area (Å²) >= 11 is 0. The smallest absolute Gasteiger partial charge is 0.258 e. The third-order valence-corrected chi connectivity index (χ3v) is 2.26. The fourth-order valence-corrected chi connectivity index (χ4v) is 1.32. The SMILES string of the molecule is C#CCNC(=O)COc1ccc(CNCC)cc1. The Balaban J connectivity index is 2.35. The zero-order valence-electron chi connectivity index (χ0n) is 10.5. The summed E-state index contributed by atoms with van der Waals surface area (Å²) in [5, 5.41) is 5.77. The van der Waals surface area contributed by atoms with Crippen molar-refractivity contribution >= 4 is 5.91 Å². The normalized spacial score (nSPS) is 9.56. The van der Waals surface area contributed by atoms with Crippen molar-refractivity contribution in [2.45, 2.75) is 13.5 Å². The van der Waals surface area contributed by atoms with Gasteiger partial charge in [-0.1, -0.05) is 25.0 Å². The first kappa shape index (κ1) is 14.1. The minimum Gasteiger partial charge on any atom is -0.484 e. The molecule has 0 aliphatic heterocycles. The van der Waals surface area contributed by atoms with Gasteiger partial charge in [0.15, 0.2) is 6.61 Å². The van der Waals surface area contributed by atoms with E-state index in [9.17, 15) is 4.79 Å². The fraction of sp³-hybridized carbons (Fsp3) is 0.357. The van der Waals surface area contributed by atoms with E-state index < -0.39 is 0 Å². The lowest BCUT2D eigenvalue weighted by Gasteiger charge is -2.07. The van der Waals surface area contributed by atoms with Crippen LogP contribution in [0.25, 0.3) is 0 Å². The van der Waals surface area contributed by atoms with Gasteiger partial charge in [-0.2, -0.15) is 0 Å². The third kappa shape index (κ3) is 5.37. The monoisotopic (exact) mass is 246 g/mol. The molecular formula is C14H18N2O2. The second kappa shape index (κ2) is 8.15. The van der Waals surface area contributed by atoms with Crippen LogP contribution >= 0.6 is 0 Å². The summed E-state index contributed by atoms with van der Waals surface area (Å²) in [7, 11) is 0. The van der Waals surface area contributed by atoms with Gasteiger partial charge >= 0.3 is 0 Å². The molecule has 96 valence electrons. The van der Waals surface area contributed by atoms with Crippen LogP contribution in [0, 0.1) is 12.3 Å². The molecule has 0 aliphatic rings. The van der Waals surface area contributed by atoms with Crippen molar-refractivity contribution < 1.29 is 9.53 Å². The molecular weight excluding hydrogens is 228 g/mol. The van der Waals surface area contributed by atoms with Crippen LogP contribution in [0.5, 0.6) is 5.75 Å². The lowest BCUT2D eigenvalue weighted by atomic mass is 10.2. The van der Waals surface area contributed by atoms with Gasteiger partial charge in [0.25, 0.3) is 5.91 Å². The highest BCUT2D eigenvalue weighted by Crippen LogP contribution is 2.11. The quantitative estimate of drug-likeness (QED) is 0.704. The number of hydrogen-bond donors (Lipinski definition) is 2. The molecule has 1 aromatic rings. The maximum Gasteiger partial charge on any atom is 0.258 e. The number of carbonyl (C=O) groups excluding carboxylic acids is 1. The van der Waals surface area contributed by atoms with Crippen molar-refractivity contribution in [3.8, 4) is 18.1 Å². The molecule has 0 unspecified atom stereocenters. The highest BCUT2D eigenvalue weighted by atomic mass is 16.5. The van der Waals surface area contributed by atoms with Crippen LogP contribution in [-0.2, 0) is 11.3 Å². The van der Waals surface area contributed by atoms with Crippen LogP contribution in [0.4, 0.5) is 0 Å². The molecule has 0 saturated carbocycles. The lowest BCUT2D eigenvalue weighted by Crippen LogP contribution is -2.29. The highest BCUT2D eigenvalue weighted by molar-refractivity contribution is 5.77. The number of benzene rings is 1. The van der Waals surface area contributed by atoms with E-state index in [4.69, 9.17) is 11.2 Å². The first-order valence-corrected chi connectivity index (χ1v) is 5.89. The summed E-state index contributed by atoms with van der Waals surface area (Å²) in [5.74, 6) is 2.78. The van der Waals surface area contributed by atoms with E-state index in [1.165, 1.54) is 5.56 Å². The van der Waals surface area contributed by atoms with Gasteiger partial charge in [0, 0.05) is 6.54 Å². The molecule has 0 aliphatic carbocycles. The molecule has 0 heterocycles. The van der Waals surface area contributed by atoms with Crippen molar-refractivity contribution in [1.82, 2.24) is 10.6 Å². The number of terminal acetylenes is 1. The van der Waals surface area contributed by atoms with E-state index in [0.717, 1.165) is 13.1 Å². The topological polar surface area (TPSA) is 50.4 Å². The van der Waals surface area contributed by atoms with E-state index in [-0.39, 0.29) is 19.1 Å². The van der Waals surface area contributed by atoms with Crippen LogP contribution < -0.4 is 15.4 Å². The molecule has 2 N–H and O–H groups in total. The summed E-state index contributed by atoms with van der Waals surface area (Å²) in [6, 6.07) is 7.64. The number of rotatable bonds is 7. The number of carbonyl (C=O) groups is 1. The second-order valence-electron chi connectivity index (χ2n) is 3.69. The maximum absolute atomic E-state index is 11.2. The van der Waals surface area contributed by atoms with Crippen LogP contribution in [-0.4, -0.2) is 25.6 Å². The molecule has 0 aromatic heterocycles. The predicted molar refractivity (Wildman–Crippen MR) is 71.2 cm³/mol. The maximum atomic E-state index is 11.2. The molecule has 1 aromatic carbocycles. The molecule has 4 nitrogen and oxygen atoms in total. The minimum absolute atomic E-state index is 0.0196. The average molecular weight is 246 g/mol. The Labute approximate surface area is 108 Å². The van der Waals surface area contributed by atoms with Gasteiger partial charge < -0.3 is 15.4 Å². The lowest BCUT2D eigenvalue weighted by molar-refractivity contribution is -0.122. The summed E-state index contributed by atoms with van der Waals surface area (Å²) in [4.78, 5) is 11.2. The first-order valence-electron chi connectivity index (χ1n) is 5.89. The molecule has 1 amide bonds. The Morgan fingerprint density at radius 3 is 2.72 bits per heavy atom. The van der Waals surface area contributed by atoms with Crippen molar-refractivity contribution in [2.75, 3.05) is 19.7 Å². The van der Waals surface area contributed by atoms with Crippen molar-refractivity contribution in [3.63, 3.8) is 0 Å². The van der Waals surface area contributed by atoms with Gasteiger partial charge in [0.1, 0.15) is 5.75 Å². The van der Waals surface area contributed by atoms with Crippen molar-refractivity contribution in [1.29, 1.82) is 0 Å². The molecule has 0 radical (unpaired) electrons. The van der Waals surface area contributed by atoms with Gasteiger partial charge in [-0.15, -0.1) is 6.42 Å². The molecule has 18 heavy (non-hydrogen) atoms. The van der Waals surface area contributed by atoms with Gasteiger partial charge in [0.05, 0.1) is 6.54 Å². The Bertz CT molecular complexity index is 407. The van der Waals surface area contributed by atoms with Gasteiger partial charge in [0.2, 0.25) is 0 Å². The van der Waals surface area contributed by atoms with E-state index in [1.54, 1.807) is 0 Å². The minimum atomic E-state index is -0.218. The molecule has 0 saturated heterocycles. The Morgan fingerprint density at radius 1 is 1.39 bits per heavy atom. The Morgan fingerprint density at radius 2 is 2.11 bits per heavy atom. The van der Waals surface area contributed by atoms with E-state index in [2.05, 4.69) is 23.5 Å². The molecule has 4 heteroatoms. The van der Waals surface area contributed by atoms with E-state index in [1.807, 2.05) is 24.3 Å². The summed E-state index contributed by atoms with van der Waals surface area (Å²) in [5.41, 5.74) is 1.18. The number of nitrogens with one attached hydrogen (secondary N) is 2. The molecule has 0 atom stereocenters. The van der Waals surface area contributed by atoms with Crippen molar-refractivity contribution in [3.05, 3.63) is 29.8 Å². The number of amides is 1. The molecule has 1 rings (SSSR count). The van der Waals surface area contributed by atoms with Crippen LogP contribution in [0.3, 0.4) is 0 Å². The van der Waals surface area contributed by atoms with Crippen LogP contribution in [0.1, 0.15) is 12.5 Å². The Kier molecular flexibility index (Phi) is 6.37. The summed E-state index contributed by atoms with van der Waals surface area (Å²) in [6.07, 6.45) is 5.03. The molecule has 0 fully saturated rings. The van der Waals surface area contributed by atoms with Crippen LogP contribution in [0.15, 0.2) is 24.3 Å². The zero-order valence-corrected chi connectivity index (χ0v) is 10.5. The van der Waals surface area contributed by atoms with Crippen molar-refractivity contribution in [2.24, 2.45) is 0 Å². The second-order valence-corrected chi connectivity index (χ2v) is 3.69. The third-order valence-electron chi connectivity index (χ3n) is 2.26. The van der Waals surface area contributed by atoms with E-state index in [0.29, 0.717) is 5.75 Å². The van der Waals surface area contributed by atoms with Gasteiger partial charge in [-0.25, -0.2) is 0 Å². The number of hydrogen-bond acceptors (Lipinski definition) is 3. The molecule has 0 bridgehead atoms. The number of ether oxygens (including phenoxy) is 1. The molecule has 0 spiro atoms. The highest BCUT2D eigenvalue weighted by Gasteiger charge is 2.01.